The largest absolute Gasteiger partial charge is 0.493 e. The Labute approximate surface area is 176 Å². The molecule has 1 aliphatic heterocycles. The zero-order valence-corrected chi connectivity index (χ0v) is 17.3. The van der Waals surface area contributed by atoms with E-state index in [1.165, 1.54) is 5.56 Å². The summed E-state index contributed by atoms with van der Waals surface area (Å²) in [5, 5.41) is 2.04. The molecule has 156 valence electrons. The van der Waals surface area contributed by atoms with Crippen molar-refractivity contribution in [3.05, 3.63) is 83.3 Å². The van der Waals surface area contributed by atoms with Gasteiger partial charge in [-0.15, -0.1) is 0 Å². The van der Waals surface area contributed by atoms with Gasteiger partial charge in [-0.1, -0.05) is 30.3 Å². The van der Waals surface area contributed by atoms with Crippen LogP contribution in [-0.2, 0) is 17.8 Å². The molecule has 0 saturated heterocycles. The summed E-state index contributed by atoms with van der Waals surface area (Å²) in [6, 6.07) is 17.9. The molecule has 2 aromatic carbocycles. The summed E-state index contributed by atoms with van der Waals surface area (Å²) >= 11 is 0. The normalized spacial score (nSPS) is 14.1. The molecule has 1 amide bonds. The van der Waals surface area contributed by atoms with E-state index in [0.29, 0.717) is 25.4 Å². The maximum Gasteiger partial charge on any atom is 0.278 e. The lowest BCUT2D eigenvalue weighted by Gasteiger charge is -2.29. The summed E-state index contributed by atoms with van der Waals surface area (Å²) in [4.78, 5) is 14.9. The van der Waals surface area contributed by atoms with Crippen LogP contribution in [0.2, 0.25) is 0 Å². The molecular formula is C24H27N2O4+. The van der Waals surface area contributed by atoms with Crippen molar-refractivity contribution in [2.24, 2.45) is 0 Å². The molecule has 0 aliphatic carbocycles. The molecule has 0 bridgehead atoms. The number of furan rings is 1. The van der Waals surface area contributed by atoms with Crippen LogP contribution in [0, 0.1) is 0 Å². The second kappa shape index (κ2) is 9.05. The first kappa shape index (κ1) is 20.0. The van der Waals surface area contributed by atoms with Crippen LogP contribution in [0.1, 0.15) is 28.5 Å². The molecule has 1 aliphatic rings. The van der Waals surface area contributed by atoms with Crippen LogP contribution in [0.25, 0.3) is 0 Å². The van der Waals surface area contributed by atoms with Gasteiger partial charge in [0.25, 0.3) is 5.91 Å². The molecule has 6 heteroatoms. The van der Waals surface area contributed by atoms with Crippen LogP contribution in [-0.4, -0.2) is 38.1 Å². The number of hydrogen-bond donors (Lipinski definition) is 1. The number of quaternary nitrogens is 1. The van der Waals surface area contributed by atoms with Gasteiger partial charge in [0.05, 0.1) is 20.5 Å². The topological polar surface area (TPSA) is 68.5 Å². The van der Waals surface area contributed by atoms with Crippen molar-refractivity contribution in [2.45, 2.75) is 19.0 Å². The molecule has 6 nitrogen and oxygen atoms in total. The van der Waals surface area contributed by atoms with Crippen LogP contribution in [0.4, 0.5) is 0 Å². The summed E-state index contributed by atoms with van der Waals surface area (Å²) < 4.78 is 16.5. The number of amides is 1. The van der Waals surface area contributed by atoms with E-state index < -0.39 is 0 Å². The fourth-order valence-electron chi connectivity index (χ4n) is 3.99. The lowest BCUT2D eigenvalue weighted by Crippen LogP contribution is -2.87. The Hall–Kier alpha value is -3.25. The standard InChI is InChI=1S/C24H26N2O4/c1-28-21-13-18-10-11-26(16-19(18)14-22(21)29-2)23(27)15-25-24(20-9-6-12-30-20)17-7-4-3-5-8-17/h3-9,12-14,24-25H,10-11,15-16H2,1-2H3/p+1/t24-/m1/s1. The van der Waals surface area contributed by atoms with Crippen LogP contribution < -0.4 is 14.8 Å². The molecule has 1 aromatic heterocycles. The zero-order chi connectivity index (χ0) is 20.9. The number of fused-ring (bicyclic) bond motifs is 1. The Morgan fingerprint density at radius 1 is 1.07 bits per heavy atom. The molecule has 30 heavy (non-hydrogen) atoms. The SMILES string of the molecule is COc1cc2c(cc1OC)CN(C(=O)C[NH2+][C@H](c1ccccc1)c1ccco1)CC2. The molecule has 0 fully saturated rings. The van der Waals surface area contributed by atoms with Crippen molar-refractivity contribution in [1.29, 1.82) is 0 Å². The third-order valence-corrected chi connectivity index (χ3v) is 5.61. The summed E-state index contributed by atoms with van der Waals surface area (Å²) in [7, 11) is 3.27. The monoisotopic (exact) mass is 407 g/mol. The average molecular weight is 407 g/mol. The Bertz CT molecular complexity index is 986. The van der Waals surface area contributed by atoms with Gasteiger partial charge < -0.3 is 24.1 Å². The van der Waals surface area contributed by atoms with E-state index in [1.54, 1.807) is 20.5 Å². The number of rotatable bonds is 7. The second-order valence-electron chi connectivity index (χ2n) is 7.38. The molecule has 2 heterocycles. The van der Waals surface area contributed by atoms with E-state index in [2.05, 4.69) is 12.1 Å². The van der Waals surface area contributed by atoms with Gasteiger partial charge in [-0.25, -0.2) is 0 Å². The van der Waals surface area contributed by atoms with Crippen LogP contribution in [0.5, 0.6) is 11.5 Å². The van der Waals surface area contributed by atoms with E-state index in [0.717, 1.165) is 29.1 Å². The summed E-state index contributed by atoms with van der Waals surface area (Å²) in [5.41, 5.74) is 3.43. The van der Waals surface area contributed by atoms with Crippen molar-refractivity contribution >= 4 is 5.91 Å². The number of ether oxygens (including phenoxy) is 2. The van der Waals surface area contributed by atoms with E-state index in [9.17, 15) is 4.79 Å². The number of methoxy groups -OCH3 is 2. The highest BCUT2D eigenvalue weighted by Gasteiger charge is 2.26. The van der Waals surface area contributed by atoms with Crippen molar-refractivity contribution in [3.8, 4) is 11.5 Å². The van der Waals surface area contributed by atoms with Crippen molar-refractivity contribution in [1.82, 2.24) is 4.90 Å². The fraction of sp³-hybridized carbons (Fsp3) is 0.292. The number of carbonyl (C=O) groups excluding carboxylic acids is 1. The predicted molar refractivity (Wildman–Crippen MR) is 112 cm³/mol. The minimum atomic E-state index is -0.0495. The van der Waals surface area contributed by atoms with Gasteiger partial charge in [0.1, 0.15) is 0 Å². The molecule has 4 rings (SSSR count). The molecule has 3 aromatic rings. The van der Waals surface area contributed by atoms with Gasteiger partial charge in [0.15, 0.2) is 29.8 Å². The van der Waals surface area contributed by atoms with Crippen LogP contribution in [0.3, 0.4) is 0 Å². The Morgan fingerprint density at radius 2 is 1.80 bits per heavy atom. The van der Waals surface area contributed by atoms with Crippen LogP contribution in [0.15, 0.2) is 65.3 Å². The highest BCUT2D eigenvalue weighted by Crippen LogP contribution is 2.33. The Morgan fingerprint density at radius 3 is 2.47 bits per heavy atom. The second-order valence-corrected chi connectivity index (χ2v) is 7.38. The third-order valence-electron chi connectivity index (χ3n) is 5.61. The number of benzene rings is 2. The summed E-state index contributed by atoms with van der Waals surface area (Å²) in [5.74, 6) is 2.38. The first-order chi connectivity index (χ1) is 14.7. The number of nitrogens with zero attached hydrogens (tertiary/aromatic N) is 1. The highest BCUT2D eigenvalue weighted by atomic mass is 16.5. The molecule has 1 atom stereocenters. The van der Waals surface area contributed by atoms with Crippen molar-refractivity contribution in [2.75, 3.05) is 27.3 Å². The third kappa shape index (κ3) is 4.19. The highest BCUT2D eigenvalue weighted by molar-refractivity contribution is 5.77. The van der Waals surface area contributed by atoms with Crippen LogP contribution >= 0.6 is 0 Å². The number of carbonyl (C=O) groups is 1. The van der Waals surface area contributed by atoms with Gasteiger partial charge in [-0.2, -0.15) is 0 Å². The minimum absolute atomic E-state index is 0.0495. The molecule has 0 spiro atoms. The number of nitrogens with two attached hydrogens (primary N) is 1. The first-order valence-electron chi connectivity index (χ1n) is 10.1. The summed E-state index contributed by atoms with van der Waals surface area (Å²) in [6.45, 7) is 1.63. The van der Waals surface area contributed by atoms with E-state index in [4.69, 9.17) is 13.9 Å². The van der Waals surface area contributed by atoms with Gasteiger partial charge in [0, 0.05) is 18.7 Å². The van der Waals surface area contributed by atoms with Gasteiger partial charge in [0.2, 0.25) is 0 Å². The molecule has 0 radical (unpaired) electrons. The number of hydrogen-bond acceptors (Lipinski definition) is 4. The molecule has 2 N–H and O–H groups in total. The Balaban J connectivity index is 1.45. The van der Waals surface area contributed by atoms with E-state index >= 15 is 0 Å². The smallest absolute Gasteiger partial charge is 0.278 e. The minimum Gasteiger partial charge on any atom is -0.493 e. The summed E-state index contributed by atoms with van der Waals surface area (Å²) in [6.07, 6.45) is 2.48. The Kier molecular flexibility index (Phi) is 6.05. The lowest BCUT2D eigenvalue weighted by atomic mass is 9.98. The van der Waals surface area contributed by atoms with E-state index in [1.807, 2.05) is 52.7 Å². The molecule has 0 saturated carbocycles. The van der Waals surface area contributed by atoms with Crippen molar-refractivity contribution in [3.63, 3.8) is 0 Å². The zero-order valence-electron chi connectivity index (χ0n) is 17.3. The fourth-order valence-corrected chi connectivity index (χ4v) is 3.99. The maximum atomic E-state index is 13.0. The van der Waals surface area contributed by atoms with Gasteiger partial charge >= 0.3 is 0 Å². The van der Waals surface area contributed by atoms with E-state index in [-0.39, 0.29) is 11.9 Å². The molecule has 0 unspecified atom stereocenters. The van der Waals surface area contributed by atoms with Crippen molar-refractivity contribution < 1.29 is 24.0 Å². The maximum absolute atomic E-state index is 13.0. The van der Waals surface area contributed by atoms with Gasteiger partial charge in [-0.05, 0) is 41.8 Å². The predicted octanol–water partition coefficient (Wildman–Crippen LogP) is 2.53. The quantitative estimate of drug-likeness (QED) is 0.654. The van der Waals surface area contributed by atoms with Gasteiger partial charge in [-0.3, -0.25) is 4.79 Å². The molecular weight excluding hydrogens is 380 g/mol. The lowest BCUT2D eigenvalue weighted by molar-refractivity contribution is -0.679. The average Bonchev–Trinajstić information content (AvgIpc) is 3.33. The first-order valence-corrected chi connectivity index (χ1v) is 10.1.